The maximum Gasteiger partial charge on any atom is 0.354 e. The molecule has 1 aromatic heterocycles. The van der Waals surface area contributed by atoms with Gasteiger partial charge in [0.2, 0.25) is 0 Å². The molecule has 0 amide bonds. The van der Waals surface area contributed by atoms with E-state index >= 15 is 0 Å². The Kier molecular flexibility index (Phi) is 4.70. The van der Waals surface area contributed by atoms with Gasteiger partial charge in [-0.25, -0.2) is 18.0 Å². The number of hydrogen-bond acceptors (Lipinski definition) is 6. The summed E-state index contributed by atoms with van der Waals surface area (Å²) in [4.78, 5) is 25.1. The Bertz CT molecular complexity index is 823. The molecular weight excluding hydrogens is 324 g/mol. The second kappa shape index (κ2) is 6.53. The molecule has 0 bridgehead atoms. The van der Waals surface area contributed by atoms with Crippen LogP contribution < -0.4 is 4.72 Å². The Balaban J connectivity index is 2.19. The van der Waals surface area contributed by atoms with Gasteiger partial charge in [-0.15, -0.1) is 0 Å². The third-order valence-electron chi connectivity index (χ3n) is 2.93. The predicted molar refractivity (Wildman–Crippen MR) is 80.7 cm³/mol. The summed E-state index contributed by atoms with van der Waals surface area (Å²) < 4.78 is 35.8. The first-order chi connectivity index (χ1) is 10.9. The summed E-state index contributed by atoms with van der Waals surface area (Å²) in [6.45, 7) is 0. The van der Waals surface area contributed by atoms with Gasteiger partial charge < -0.3 is 14.5 Å². The summed E-state index contributed by atoms with van der Waals surface area (Å²) in [7, 11) is -1.43. The van der Waals surface area contributed by atoms with Crippen molar-refractivity contribution in [1.82, 2.24) is 4.98 Å². The number of sulfonamides is 1. The zero-order chi connectivity index (χ0) is 17.0. The lowest BCUT2D eigenvalue weighted by Gasteiger charge is -2.07. The third-order valence-corrected chi connectivity index (χ3v) is 4.29. The molecule has 2 rings (SSSR count). The zero-order valence-electron chi connectivity index (χ0n) is 12.3. The molecule has 0 aliphatic carbocycles. The first-order valence-corrected chi connectivity index (χ1v) is 7.83. The van der Waals surface area contributed by atoms with Crippen LogP contribution in [-0.2, 0) is 19.5 Å². The number of methoxy groups -OCH3 is 2. The van der Waals surface area contributed by atoms with Crippen LogP contribution in [0.4, 0.5) is 5.69 Å². The van der Waals surface area contributed by atoms with Crippen molar-refractivity contribution in [2.45, 2.75) is 4.90 Å². The maximum absolute atomic E-state index is 12.2. The Hall–Kier alpha value is -2.81. The van der Waals surface area contributed by atoms with Gasteiger partial charge >= 0.3 is 11.9 Å². The molecule has 2 N–H and O–H groups in total. The van der Waals surface area contributed by atoms with Gasteiger partial charge in [-0.3, -0.25) is 4.72 Å². The molecule has 2 aromatic rings. The fraction of sp³-hybridized carbons (Fsp3) is 0.143. The van der Waals surface area contributed by atoms with Crippen molar-refractivity contribution >= 4 is 27.6 Å². The van der Waals surface area contributed by atoms with E-state index in [0.717, 1.165) is 6.07 Å². The molecule has 1 aromatic carbocycles. The van der Waals surface area contributed by atoms with Crippen molar-refractivity contribution in [3.05, 3.63) is 47.8 Å². The van der Waals surface area contributed by atoms with E-state index in [-0.39, 0.29) is 16.3 Å². The molecule has 23 heavy (non-hydrogen) atoms. The smallest absolute Gasteiger partial charge is 0.354 e. The standard InChI is InChI=1S/C14H14N2O6S/c1-21-13(17)9-3-5-10(6-4-9)16-23(19,20)11-7-12(15-8-11)14(18)22-2/h3-8,15-16H,1-2H3. The topological polar surface area (TPSA) is 115 Å². The predicted octanol–water partition coefficient (Wildman–Crippen LogP) is 1.39. The average molecular weight is 338 g/mol. The normalized spacial score (nSPS) is 10.9. The maximum atomic E-state index is 12.2. The molecule has 9 heteroatoms. The third kappa shape index (κ3) is 3.69. The number of anilines is 1. The van der Waals surface area contributed by atoms with Gasteiger partial charge in [0, 0.05) is 11.9 Å². The number of carbonyl (C=O) groups excluding carboxylic acids is 2. The largest absolute Gasteiger partial charge is 0.465 e. The van der Waals surface area contributed by atoms with Gasteiger partial charge in [0.15, 0.2) is 0 Å². The number of aromatic amines is 1. The number of hydrogen-bond donors (Lipinski definition) is 2. The van der Waals surface area contributed by atoms with Crippen LogP contribution >= 0.6 is 0 Å². The van der Waals surface area contributed by atoms with E-state index in [9.17, 15) is 18.0 Å². The van der Waals surface area contributed by atoms with Crippen LogP contribution in [0.5, 0.6) is 0 Å². The number of esters is 2. The Labute approximate surface area is 132 Å². The molecule has 0 fully saturated rings. The van der Waals surface area contributed by atoms with Crippen molar-refractivity contribution < 1.29 is 27.5 Å². The highest BCUT2D eigenvalue weighted by atomic mass is 32.2. The number of benzene rings is 1. The molecule has 0 atom stereocenters. The SMILES string of the molecule is COC(=O)c1ccc(NS(=O)(=O)c2c[nH]c(C(=O)OC)c2)cc1. The van der Waals surface area contributed by atoms with Gasteiger partial charge in [-0.2, -0.15) is 0 Å². The van der Waals surface area contributed by atoms with Crippen molar-refractivity contribution in [2.75, 3.05) is 18.9 Å². The summed E-state index contributed by atoms with van der Waals surface area (Å²) >= 11 is 0. The first-order valence-electron chi connectivity index (χ1n) is 6.35. The molecular formula is C14H14N2O6S. The fourth-order valence-corrected chi connectivity index (χ4v) is 2.82. The fourth-order valence-electron chi connectivity index (χ4n) is 1.76. The Morgan fingerprint density at radius 1 is 1.04 bits per heavy atom. The lowest BCUT2D eigenvalue weighted by atomic mass is 10.2. The Morgan fingerprint density at radius 2 is 1.65 bits per heavy atom. The molecule has 0 unspecified atom stereocenters. The summed E-state index contributed by atoms with van der Waals surface area (Å²) in [6.07, 6.45) is 1.18. The monoisotopic (exact) mass is 338 g/mol. The van der Waals surface area contributed by atoms with E-state index in [2.05, 4.69) is 19.2 Å². The van der Waals surface area contributed by atoms with Crippen LogP contribution in [0.1, 0.15) is 20.8 Å². The molecule has 0 spiro atoms. The van der Waals surface area contributed by atoms with E-state index in [0.29, 0.717) is 5.56 Å². The molecule has 0 saturated heterocycles. The molecule has 0 saturated carbocycles. The molecule has 122 valence electrons. The molecule has 8 nitrogen and oxygen atoms in total. The second-order valence-corrected chi connectivity index (χ2v) is 6.10. The molecule has 1 heterocycles. The summed E-state index contributed by atoms with van der Waals surface area (Å²) in [5, 5.41) is 0. The summed E-state index contributed by atoms with van der Waals surface area (Å²) in [6, 6.07) is 6.88. The van der Waals surface area contributed by atoms with Gasteiger partial charge in [0.1, 0.15) is 10.6 Å². The minimum atomic E-state index is -3.88. The highest BCUT2D eigenvalue weighted by Gasteiger charge is 2.19. The molecule has 0 radical (unpaired) electrons. The van der Waals surface area contributed by atoms with E-state index in [1.54, 1.807) is 0 Å². The number of ether oxygens (including phenoxy) is 2. The van der Waals surface area contributed by atoms with E-state index in [1.165, 1.54) is 44.7 Å². The van der Waals surface area contributed by atoms with Gasteiger partial charge in [-0.05, 0) is 30.3 Å². The first kappa shape index (κ1) is 16.6. The number of H-pyrrole nitrogens is 1. The van der Waals surface area contributed by atoms with Crippen LogP contribution in [-0.4, -0.2) is 39.6 Å². The van der Waals surface area contributed by atoms with Crippen molar-refractivity contribution in [3.63, 3.8) is 0 Å². The van der Waals surface area contributed by atoms with E-state index in [1.807, 2.05) is 0 Å². The number of aromatic nitrogens is 1. The van der Waals surface area contributed by atoms with Crippen LogP contribution in [0.25, 0.3) is 0 Å². The number of nitrogens with one attached hydrogen (secondary N) is 2. The summed E-state index contributed by atoms with van der Waals surface area (Å²) in [5.74, 6) is -1.19. The van der Waals surface area contributed by atoms with Crippen molar-refractivity contribution in [2.24, 2.45) is 0 Å². The quantitative estimate of drug-likeness (QED) is 0.796. The lowest BCUT2D eigenvalue weighted by molar-refractivity contribution is 0.0588. The van der Waals surface area contributed by atoms with E-state index < -0.39 is 22.0 Å². The minimum absolute atomic E-state index is 0.0221. The van der Waals surface area contributed by atoms with Crippen LogP contribution in [0.3, 0.4) is 0 Å². The van der Waals surface area contributed by atoms with Gasteiger partial charge in [-0.1, -0.05) is 0 Å². The van der Waals surface area contributed by atoms with E-state index in [4.69, 9.17) is 0 Å². The highest BCUT2D eigenvalue weighted by Crippen LogP contribution is 2.18. The van der Waals surface area contributed by atoms with Crippen LogP contribution in [0, 0.1) is 0 Å². The molecule has 0 aliphatic heterocycles. The molecule has 0 aliphatic rings. The van der Waals surface area contributed by atoms with Crippen LogP contribution in [0.2, 0.25) is 0 Å². The zero-order valence-corrected chi connectivity index (χ0v) is 13.1. The van der Waals surface area contributed by atoms with Gasteiger partial charge in [0.05, 0.1) is 19.8 Å². The second-order valence-electron chi connectivity index (χ2n) is 4.42. The number of rotatable bonds is 5. The van der Waals surface area contributed by atoms with Gasteiger partial charge in [0.25, 0.3) is 10.0 Å². The van der Waals surface area contributed by atoms with Crippen LogP contribution in [0.15, 0.2) is 41.4 Å². The average Bonchev–Trinajstić information content (AvgIpc) is 3.04. The van der Waals surface area contributed by atoms with Crippen molar-refractivity contribution in [3.8, 4) is 0 Å². The highest BCUT2D eigenvalue weighted by molar-refractivity contribution is 7.92. The summed E-state index contributed by atoms with van der Waals surface area (Å²) in [5.41, 5.74) is 0.581. The lowest BCUT2D eigenvalue weighted by Crippen LogP contribution is -2.12. The number of carbonyl (C=O) groups is 2. The van der Waals surface area contributed by atoms with Crippen molar-refractivity contribution in [1.29, 1.82) is 0 Å². The Morgan fingerprint density at radius 3 is 2.22 bits per heavy atom. The minimum Gasteiger partial charge on any atom is -0.465 e.